The highest BCUT2D eigenvalue weighted by atomic mass is 35.5. The molecule has 2 aromatic rings. The summed E-state index contributed by atoms with van der Waals surface area (Å²) in [5, 5.41) is 0.213. The molecule has 2 aromatic carbocycles. The van der Waals surface area contributed by atoms with Crippen molar-refractivity contribution in [1.29, 1.82) is 0 Å². The second-order valence-electron chi connectivity index (χ2n) is 6.23. The quantitative estimate of drug-likeness (QED) is 0.423. The van der Waals surface area contributed by atoms with E-state index in [1.165, 1.54) is 36.4 Å². The van der Waals surface area contributed by atoms with E-state index in [-0.39, 0.29) is 46.5 Å². The summed E-state index contributed by atoms with van der Waals surface area (Å²) in [7, 11) is 0. The fourth-order valence-corrected chi connectivity index (χ4v) is 2.95. The third kappa shape index (κ3) is 4.81. The summed E-state index contributed by atoms with van der Waals surface area (Å²) in [5.41, 5.74) is 4.76. The highest BCUT2D eigenvalue weighted by molar-refractivity contribution is 6.33. The molecule has 4 amide bonds. The Bertz CT molecular complexity index is 1020. The number of hydrogen-bond donors (Lipinski definition) is 2. The largest absolute Gasteiger partial charge is 0.452 e. The number of nitrogens with zero attached hydrogens (tertiary/aromatic N) is 1. The Morgan fingerprint density at radius 3 is 2.37 bits per heavy atom. The first-order valence-corrected chi connectivity index (χ1v) is 9.21. The third-order valence-electron chi connectivity index (χ3n) is 4.16. The molecule has 2 N–H and O–H groups in total. The number of rotatable bonds is 5. The van der Waals surface area contributed by atoms with Crippen LogP contribution >= 0.6 is 11.6 Å². The van der Waals surface area contributed by atoms with E-state index in [1.807, 2.05) is 0 Å². The van der Waals surface area contributed by atoms with Gasteiger partial charge in [-0.05, 0) is 30.3 Å². The molecule has 0 atom stereocenters. The van der Waals surface area contributed by atoms with Gasteiger partial charge >= 0.3 is 5.97 Å². The zero-order valence-corrected chi connectivity index (χ0v) is 16.3. The first-order valence-electron chi connectivity index (χ1n) is 8.83. The molecule has 1 aliphatic heterocycles. The Kier molecular flexibility index (Phi) is 6.43. The molecule has 30 heavy (non-hydrogen) atoms. The lowest BCUT2D eigenvalue weighted by Crippen LogP contribution is -2.43. The first-order chi connectivity index (χ1) is 14.4. The Morgan fingerprint density at radius 1 is 0.967 bits per heavy atom. The van der Waals surface area contributed by atoms with Crippen molar-refractivity contribution in [2.45, 2.75) is 12.8 Å². The second-order valence-corrected chi connectivity index (χ2v) is 6.64. The molecule has 0 aliphatic carbocycles. The number of hydrazine groups is 1. The number of ether oxygens (including phenoxy) is 1. The average Bonchev–Trinajstić information content (AvgIpc) is 3.08. The van der Waals surface area contributed by atoms with Crippen LogP contribution in [0.3, 0.4) is 0 Å². The molecule has 1 aliphatic rings. The highest BCUT2D eigenvalue weighted by Gasteiger charge is 2.30. The van der Waals surface area contributed by atoms with Gasteiger partial charge in [-0.25, -0.2) is 4.79 Å². The van der Waals surface area contributed by atoms with Gasteiger partial charge in [0.25, 0.3) is 11.8 Å². The molecule has 1 heterocycles. The zero-order valence-electron chi connectivity index (χ0n) is 15.5. The van der Waals surface area contributed by atoms with Gasteiger partial charge in [0.2, 0.25) is 11.8 Å². The van der Waals surface area contributed by atoms with E-state index in [2.05, 4.69) is 10.9 Å². The molecule has 3 rings (SSSR count). The minimum absolute atomic E-state index is 0.0629. The van der Waals surface area contributed by atoms with Crippen LogP contribution in [0.2, 0.25) is 5.02 Å². The van der Waals surface area contributed by atoms with Crippen LogP contribution in [-0.2, 0) is 19.1 Å². The van der Waals surface area contributed by atoms with E-state index in [9.17, 15) is 24.0 Å². The van der Waals surface area contributed by atoms with Crippen molar-refractivity contribution in [1.82, 2.24) is 10.9 Å². The van der Waals surface area contributed by atoms with Crippen molar-refractivity contribution >= 4 is 46.9 Å². The summed E-state index contributed by atoms with van der Waals surface area (Å²) in [5.74, 6) is -2.93. The van der Waals surface area contributed by atoms with Crippen LogP contribution in [-0.4, -0.2) is 36.2 Å². The van der Waals surface area contributed by atoms with Gasteiger partial charge in [0.1, 0.15) is 0 Å². The van der Waals surface area contributed by atoms with Gasteiger partial charge in [0.05, 0.1) is 21.8 Å². The number of imide groups is 1. The lowest BCUT2D eigenvalue weighted by Gasteiger charge is -2.14. The maximum absolute atomic E-state index is 12.2. The van der Waals surface area contributed by atoms with E-state index in [1.54, 1.807) is 12.1 Å². The average molecular weight is 430 g/mol. The molecular formula is C20H16ClN3O6. The molecule has 0 aromatic heterocycles. The molecule has 0 bridgehead atoms. The van der Waals surface area contributed by atoms with Crippen molar-refractivity contribution < 1.29 is 28.7 Å². The van der Waals surface area contributed by atoms with Crippen LogP contribution in [0.1, 0.15) is 33.6 Å². The molecule has 0 unspecified atom stereocenters. The number of anilines is 1. The summed E-state index contributed by atoms with van der Waals surface area (Å²) < 4.78 is 4.91. The fraction of sp³-hybridized carbons (Fsp3) is 0.150. The van der Waals surface area contributed by atoms with Crippen molar-refractivity contribution in [2.75, 3.05) is 11.5 Å². The maximum atomic E-state index is 12.2. The number of amides is 4. The number of carbonyl (C=O) groups excluding carboxylic acids is 5. The van der Waals surface area contributed by atoms with Gasteiger partial charge < -0.3 is 4.74 Å². The molecule has 1 saturated heterocycles. The number of carbonyl (C=O) groups is 5. The zero-order chi connectivity index (χ0) is 21.7. The molecule has 10 heteroatoms. The molecule has 0 radical (unpaired) electrons. The van der Waals surface area contributed by atoms with Gasteiger partial charge in [-0.2, -0.15) is 0 Å². The Hall–Kier alpha value is -3.72. The summed E-state index contributed by atoms with van der Waals surface area (Å²) in [6.45, 7) is -0.659. The SMILES string of the molecule is O=C(COC(=O)c1cccc(N2C(=O)CCC2=O)c1)NNC(=O)c1ccccc1Cl. The summed E-state index contributed by atoms with van der Waals surface area (Å²) >= 11 is 5.89. The van der Waals surface area contributed by atoms with E-state index in [0.29, 0.717) is 0 Å². The number of halogens is 1. The summed E-state index contributed by atoms with van der Waals surface area (Å²) in [4.78, 5) is 60.6. The number of nitrogens with one attached hydrogen (secondary N) is 2. The van der Waals surface area contributed by atoms with Crippen LogP contribution < -0.4 is 15.8 Å². The normalized spacial score (nSPS) is 13.2. The fourth-order valence-electron chi connectivity index (χ4n) is 2.73. The molecular weight excluding hydrogens is 414 g/mol. The summed E-state index contributed by atoms with van der Waals surface area (Å²) in [6, 6.07) is 12.0. The first kappa shape index (κ1) is 21.0. The smallest absolute Gasteiger partial charge is 0.338 e. The minimum atomic E-state index is -0.830. The van der Waals surface area contributed by atoms with E-state index in [0.717, 1.165) is 4.90 Å². The van der Waals surface area contributed by atoms with E-state index in [4.69, 9.17) is 16.3 Å². The van der Waals surface area contributed by atoms with Crippen molar-refractivity contribution in [2.24, 2.45) is 0 Å². The van der Waals surface area contributed by atoms with E-state index < -0.39 is 24.4 Å². The number of benzene rings is 2. The minimum Gasteiger partial charge on any atom is -0.452 e. The standard InChI is InChI=1S/C20H16ClN3O6/c21-15-7-2-1-6-14(15)19(28)23-22-16(25)11-30-20(29)12-4-3-5-13(10-12)24-17(26)8-9-18(24)27/h1-7,10H,8-9,11H2,(H,22,25)(H,23,28). The van der Waals surface area contributed by atoms with Crippen LogP contribution in [0.25, 0.3) is 0 Å². The monoisotopic (exact) mass is 429 g/mol. The molecule has 0 saturated carbocycles. The van der Waals surface area contributed by atoms with Crippen LogP contribution in [0.5, 0.6) is 0 Å². The molecule has 0 spiro atoms. The van der Waals surface area contributed by atoms with Gasteiger partial charge in [-0.1, -0.05) is 29.8 Å². The van der Waals surface area contributed by atoms with Gasteiger partial charge in [0, 0.05) is 12.8 Å². The lowest BCUT2D eigenvalue weighted by molar-refractivity contribution is -0.125. The van der Waals surface area contributed by atoms with Crippen LogP contribution in [0.15, 0.2) is 48.5 Å². The lowest BCUT2D eigenvalue weighted by atomic mass is 10.2. The maximum Gasteiger partial charge on any atom is 0.338 e. The molecule has 1 fully saturated rings. The van der Waals surface area contributed by atoms with Crippen molar-refractivity contribution in [3.05, 3.63) is 64.7 Å². The van der Waals surface area contributed by atoms with Gasteiger partial charge in [0.15, 0.2) is 6.61 Å². The predicted molar refractivity (Wildman–Crippen MR) is 106 cm³/mol. The van der Waals surface area contributed by atoms with Gasteiger partial charge in [-0.15, -0.1) is 0 Å². The van der Waals surface area contributed by atoms with Gasteiger partial charge in [-0.3, -0.25) is 34.9 Å². The predicted octanol–water partition coefficient (Wildman–Crippen LogP) is 1.61. The van der Waals surface area contributed by atoms with Crippen molar-refractivity contribution in [3.63, 3.8) is 0 Å². The van der Waals surface area contributed by atoms with Crippen molar-refractivity contribution in [3.8, 4) is 0 Å². The topological polar surface area (TPSA) is 122 Å². The van der Waals surface area contributed by atoms with E-state index >= 15 is 0 Å². The van der Waals surface area contributed by atoms with Crippen LogP contribution in [0, 0.1) is 0 Å². The Labute approximate surface area is 175 Å². The number of esters is 1. The van der Waals surface area contributed by atoms with Crippen LogP contribution in [0.4, 0.5) is 5.69 Å². The highest BCUT2D eigenvalue weighted by Crippen LogP contribution is 2.23. The molecule has 9 nitrogen and oxygen atoms in total. The summed E-state index contributed by atoms with van der Waals surface area (Å²) in [6.07, 6.45) is 0.237. The molecule has 154 valence electrons. The Morgan fingerprint density at radius 2 is 1.67 bits per heavy atom. The number of hydrogen-bond acceptors (Lipinski definition) is 6. The third-order valence-corrected chi connectivity index (χ3v) is 4.49. The Balaban J connectivity index is 1.53. The second kappa shape index (κ2) is 9.19.